The monoisotopic (exact) mass is 503 g/mol. The highest BCUT2D eigenvalue weighted by Crippen LogP contribution is 2.28. The summed E-state index contributed by atoms with van der Waals surface area (Å²) in [5.41, 5.74) is 4.81. The largest absolute Gasteiger partial charge is 0.349 e. The van der Waals surface area contributed by atoms with E-state index < -0.39 is 0 Å². The smallest absolute Gasteiger partial charge is 0.333 e. The van der Waals surface area contributed by atoms with Crippen LogP contribution in [0.3, 0.4) is 0 Å². The number of carbonyl (C=O) groups excluding carboxylic acids is 1. The molecule has 0 spiro atoms. The van der Waals surface area contributed by atoms with Gasteiger partial charge in [0.25, 0.3) is 5.91 Å². The highest BCUT2D eigenvalue weighted by molar-refractivity contribution is 6.30. The van der Waals surface area contributed by atoms with Crippen LogP contribution in [0.2, 0.25) is 5.02 Å². The zero-order valence-electron chi connectivity index (χ0n) is 20.6. The Bertz CT molecular complexity index is 1470. The molecular weight excluding hydrogens is 474 g/mol. The van der Waals surface area contributed by atoms with Gasteiger partial charge in [0.15, 0.2) is 0 Å². The molecule has 0 aliphatic heterocycles. The summed E-state index contributed by atoms with van der Waals surface area (Å²) in [6.07, 6.45) is 7.77. The first kappa shape index (κ1) is 24.3. The van der Waals surface area contributed by atoms with Crippen LogP contribution in [0.1, 0.15) is 54.4 Å². The van der Waals surface area contributed by atoms with Crippen LogP contribution in [-0.4, -0.2) is 31.1 Å². The van der Waals surface area contributed by atoms with Crippen molar-refractivity contribution >= 4 is 28.5 Å². The number of nitrogens with zero attached hydrogens (tertiary/aromatic N) is 4. The average molecular weight is 504 g/mol. The van der Waals surface area contributed by atoms with Gasteiger partial charge in [-0.3, -0.25) is 23.9 Å². The van der Waals surface area contributed by atoms with E-state index in [2.05, 4.69) is 22.2 Å². The Balaban J connectivity index is 1.31. The third kappa shape index (κ3) is 4.80. The van der Waals surface area contributed by atoms with E-state index >= 15 is 0 Å². The highest BCUT2D eigenvalue weighted by atomic mass is 35.5. The zero-order valence-corrected chi connectivity index (χ0v) is 21.3. The van der Waals surface area contributed by atoms with Gasteiger partial charge in [0.05, 0.1) is 33.0 Å². The summed E-state index contributed by atoms with van der Waals surface area (Å²) < 4.78 is 3.70. The first-order chi connectivity index (χ1) is 17.4. The number of aryl methyl sites for hydroxylation is 2. The summed E-state index contributed by atoms with van der Waals surface area (Å²) in [5.74, 6) is 0.238. The van der Waals surface area contributed by atoms with E-state index in [0.29, 0.717) is 28.7 Å². The molecule has 3 aromatic heterocycles. The van der Waals surface area contributed by atoms with Gasteiger partial charge in [0.1, 0.15) is 0 Å². The van der Waals surface area contributed by atoms with Crippen LogP contribution in [0.25, 0.3) is 16.7 Å². The van der Waals surface area contributed by atoms with Crippen molar-refractivity contribution in [3.63, 3.8) is 0 Å². The molecule has 36 heavy (non-hydrogen) atoms. The molecule has 7 nitrogen and oxygen atoms in total. The molecule has 1 N–H and O–H groups in total. The number of rotatable bonds is 6. The van der Waals surface area contributed by atoms with Gasteiger partial charge in [-0.2, -0.15) is 0 Å². The van der Waals surface area contributed by atoms with Crippen LogP contribution in [0.4, 0.5) is 0 Å². The summed E-state index contributed by atoms with van der Waals surface area (Å²) in [7, 11) is 0. The van der Waals surface area contributed by atoms with Gasteiger partial charge in [-0.1, -0.05) is 30.7 Å². The van der Waals surface area contributed by atoms with Crippen LogP contribution in [-0.2, 0) is 13.0 Å². The molecule has 186 valence electrons. The molecule has 5 rings (SSSR count). The van der Waals surface area contributed by atoms with Gasteiger partial charge in [-0.25, -0.2) is 4.79 Å². The maximum absolute atomic E-state index is 13.6. The second-order valence-electron chi connectivity index (χ2n) is 9.55. The molecular formula is C28H30ClN5O2. The number of hydrogen-bond acceptors (Lipinski definition) is 4. The summed E-state index contributed by atoms with van der Waals surface area (Å²) >= 11 is 6.03. The van der Waals surface area contributed by atoms with E-state index in [1.807, 2.05) is 47.9 Å². The van der Waals surface area contributed by atoms with E-state index in [-0.39, 0.29) is 17.6 Å². The van der Waals surface area contributed by atoms with Gasteiger partial charge >= 0.3 is 5.69 Å². The summed E-state index contributed by atoms with van der Waals surface area (Å²) in [5, 5.41) is 3.60. The third-order valence-corrected chi connectivity index (χ3v) is 7.38. The van der Waals surface area contributed by atoms with Crippen LogP contribution in [0, 0.1) is 12.8 Å². The minimum absolute atomic E-state index is 0.0242. The molecule has 0 radical (unpaired) electrons. The molecule has 1 aromatic carbocycles. The van der Waals surface area contributed by atoms with E-state index in [4.69, 9.17) is 11.6 Å². The molecule has 1 aliphatic carbocycles. The zero-order chi connectivity index (χ0) is 25.2. The molecule has 1 saturated carbocycles. The first-order valence-corrected chi connectivity index (χ1v) is 12.9. The quantitative estimate of drug-likeness (QED) is 0.397. The van der Waals surface area contributed by atoms with Crippen molar-refractivity contribution < 1.29 is 4.79 Å². The SMILES string of the molecule is CCc1cc(-n2c(=O)n(CC3CCC(NC(=O)c4cc(Cl)cnc4C)CC3)c3ccccc32)ccn1. The minimum atomic E-state index is -0.131. The van der Waals surface area contributed by atoms with Crippen molar-refractivity contribution in [2.45, 2.75) is 58.5 Å². The Labute approximate surface area is 215 Å². The van der Waals surface area contributed by atoms with Crippen molar-refractivity contribution in [1.29, 1.82) is 0 Å². The maximum atomic E-state index is 13.6. The van der Waals surface area contributed by atoms with Crippen molar-refractivity contribution in [2.75, 3.05) is 0 Å². The van der Waals surface area contributed by atoms with Gasteiger partial charge in [-0.05, 0) is 75.3 Å². The topological polar surface area (TPSA) is 81.8 Å². The summed E-state index contributed by atoms with van der Waals surface area (Å²) in [6, 6.07) is 13.6. The Morgan fingerprint density at radius 3 is 2.58 bits per heavy atom. The lowest BCUT2D eigenvalue weighted by atomic mass is 9.85. The van der Waals surface area contributed by atoms with Crippen molar-refractivity contribution in [2.24, 2.45) is 5.92 Å². The second-order valence-corrected chi connectivity index (χ2v) is 9.99. The van der Waals surface area contributed by atoms with Gasteiger partial charge in [-0.15, -0.1) is 0 Å². The fraction of sp³-hybridized carbons (Fsp3) is 0.357. The molecule has 1 aliphatic rings. The average Bonchev–Trinajstić information content (AvgIpc) is 3.17. The molecule has 0 unspecified atom stereocenters. The molecule has 3 heterocycles. The molecule has 0 saturated heterocycles. The van der Waals surface area contributed by atoms with Gasteiger partial charge in [0.2, 0.25) is 0 Å². The molecule has 8 heteroatoms. The van der Waals surface area contributed by atoms with Crippen molar-refractivity contribution in [3.05, 3.63) is 87.3 Å². The number of para-hydroxylation sites is 2. The molecule has 1 amide bonds. The molecule has 0 atom stereocenters. The van der Waals surface area contributed by atoms with E-state index in [1.165, 1.54) is 0 Å². The maximum Gasteiger partial charge on any atom is 0.333 e. The van der Waals surface area contributed by atoms with Crippen LogP contribution >= 0.6 is 11.6 Å². The fourth-order valence-electron chi connectivity index (χ4n) is 5.18. The second kappa shape index (κ2) is 10.3. The number of carbonyl (C=O) groups is 1. The Hall–Kier alpha value is -3.45. The number of benzene rings is 1. The summed E-state index contributed by atoms with van der Waals surface area (Å²) in [4.78, 5) is 35.0. The fourth-order valence-corrected chi connectivity index (χ4v) is 5.34. The number of aromatic nitrogens is 4. The number of fused-ring (bicyclic) bond motifs is 1. The number of pyridine rings is 2. The Morgan fingerprint density at radius 1 is 1.08 bits per heavy atom. The molecule has 4 aromatic rings. The van der Waals surface area contributed by atoms with Crippen LogP contribution < -0.4 is 11.0 Å². The van der Waals surface area contributed by atoms with E-state index in [1.54, 1.807) is 23.0 Å². The number of hydrogen-bond donors (Lipinski definition) is 1. The van der Waals surface area contributed by atoms with Crippen LogP contribution in [0.5, 0.6) is 0 Å². The number of nitrogens with one attached hydrogen (secondary N) is 1. The van der Waals surface area contributed by atoms with Crippen molar-refractivity contribution in [1.82, 2.24) is 24.4 Å². The number of halogens is 1. The van der Waals surface area contributed by atoms with Crippen LogP contribution in [0.15, 0.2) is 59.7 Å². The minimum Gasteiger partial charge on any atom is -0.349 e. The standard InChI is InChI=1S/C28H30ClN5O2/c1-3-21-15-23(12-13-30-21)34-26-7-5-4-6-25(26)33(28(34)36)17-19-8-10-22(11-9-19)32-27(35)24-14-20(29)16-31-18(24)2/h4-7,12-16,19,22H,3,8-11,17H2,1-2H3,(H,32,35). The molecule has 1 fully saturated rings. The Kier molecular flexibility index (Phi) is 6.92. The lowest BCUT2D eigenvalue weighted by Gasteiger charge is -2.29. The first-order valence-electron chi connectivity index (χ1n) is 12.5. The van der Waals surface area contributed by atoms with E-state index in [9.17, 15) is 9.59 Å². The summed E-state index contributed by atoms with van der Waals surface area (Å²) in [6.45, 7) is 4.53. The normalized spacial score (nSPS) is 17.9. The number of imidazole rings is 1. The van der Waals surface area contributed by atoms with Gasteiger partial charge < -0.3 is 5.32 Å². The predicted molar refractivity (Wildman–Crippen MR) is 142 cm³/mol. The van der Waals surface area contributed by atoms with Gasteiger partial charge in [0, 0.05) is 30.7 Å². The lowest BCUT2D eigenvalue weighted by molar-refractivity contribution is 0.0919. The van der Waals surface area contributed by atoms with Crippen molar-refractivity contribution in [3.8, 4) is 5.69 Å². The molecule has 0 bridgehead atoms. The predicted octanol–water partition coefficient (Wildman–Crippen LogP) is 5.10. The number of amides is 1. The third-order valence-electron chi connectivity index (χ3n) is 7.18. The highest BCUT2D eigenvalue weighted by Gasteiger charge is 2.25. The lowest BCUT2D eigenvalue weighted by Crippen LogP contribution is -2.39. The Morgan fingerprint density at radius 2 is 1.83 bits per heavy atom. The van der Waals surface area contributed by atoms with E-state index in [0.717, 1.165) is 54.5 Å².